The Bertz CT molecular complexity index is 503. The number of halogens is 2. The third kappa shape index (κ3) is 3.19. The first-order valence-corrected chi connectivity index (χ1v) is 6.62. The van der Waals surface area contributed by atoms with E-state index in [4.69, 9.17) is 0 Å². The van der Waals surface area contributed by atoms with Crippen LogP contribution in [0.4, 0.5) is 8.78 Å². The van der Waals surface area contributed by atoms with Crippen LogP contribution >= 0.6 is 0 Å². The highest BCUT2D eigenvalue weighted by atomic mass is 19.1. The topological polar surface area (TPSA) is 0 Å². The molecule has 0 radical (unpaired) electrons. The highest BCUT2D eigenvalue weighted by Crippen LogP contribution is 2.34. The minimum Gasteiger partial charge on any atom is -0.207 e. The van der Waals surface area contributed by atoms with Crippen LogP contribution in [0.5, 0.6) is 0 Å². The van der Waals surface area contributed by atoms with Crippen LogP contribution in [0.15, 0.2) is 48.5 Å². The van der Waals surface area contributed by atoms with Gasteiger partial charge in [0.25, 0.3) is 0 Å². The predicted octanol–water partition coefficient (Wildman–Crippen LogP) is 5.14. The summed E-state index contributed by atoms with van der Waals surface area (Å²) in [4.78, 5) is 0. The molecule has 100 valence electrons. The van der Waals surface area contributed by atoms with E-state index in [9.17, 15) is 8.78 Å². The first kappa shape index (κ1) is 13.7. The Labute approximate surface area is 113 Å². The molecule has 2 heteroatoms. The summed E-state index contributed by atoms with van der Waals surface area (Å²) in [6.45, 7) is 4.21. The van der Waals surface area contributed by atoms with E-state index >= 15 is 0 Å². The van der Waals surface area contributed by atoms with E-state index in [2.05, 4.69) is 13.8 Å². The third-order valence-electron chi connectivity index (χ3n) is 3.63. The fourth-order valence-corrected chi connectivity index (χ4v) is 2.49. The van der Waals surface area contributed by atoms with Gasteiger partial charge in [0.05, 0.1) is 0 Å². The molecule has 2 rings (SSSR count). The fourth-order valence-electron chi connectivity index (χ4n) is 2.49. The molecule has 0 spiro atoms. The molecule has 0 amide bonds. The van der Waals surface area contributed by atoms with Gasteiger partial charge in [-0.1, -0.05) is 44.5 Å². The Morgan fingerprint density at radius 3 is 1.74 bits per heavy atom. The van der Waals surface area contributed by atoms with Crippen LogP contribution in [0.25, 0.3) is 0 Å². The van der Waals surface area contributed by atoms with Crippen LogP contribution in [0.3, 0.4) is 0 Å². The lowest BCUT2D eigenvalue weighted by Gasteiger charge is -2.24. The van der Waals surface area contributed by atoms with Gasteiger partial charge in [0.2, 0.25) is 0 Å². The lowest BCUT2D eigenvalue weighted by molar-refractivity contribution is 0.491. The van der Waals surface area contributed by atoms with Crippen molar-refractivity contribution in [3.8, 4) is 0 Å². The molecule has 0 saturated carbocycles. The molecule has 0 aliphatic heterocycles. The normalized spacial score (nSPS) is 12.7. The second kappa shape index (κ2) is 5.96. The van der Waals surface area contributed by atoms with Gasteiger partial charge in [-0.15, -0.1) is 0 Å². The first-order chi connectivity index (χ1) is 9.11. The zero-order valence-corrected chi connectivity index (χ0v) is 11.2. The van der Waals surface area contributed by atoms with Crippen LogP contribution in [0.2, 0.25) is 0 Å². The Morgan fingerprint density at radius 2 is 1.37 bits per heavy atom. The monoisotopic (exact) mass is 260 g/mol. The number of hydrogen-bond acceptors (Lipinski definition) is 0. The van der Waals surface area contributed by atoms with Crippen molar-refractivity contribution in [2.45, 2.75) is 26.2 Å². The Hall–Kier alpha value is -1.70. The van der Waals surface area contributed by atoms with E-state index in [1.54, 1.807) is 24.3 Å². The van der Waals surface area contributed by atoms with Gasteiger partial charge >= 0.3 is 0 Å². The summed E-state index contributed by atoms with van der Waals surface area (Å²) in [5.74, 6) is -0.149. The molecule has 0 unspecified atom stereocenters. The molecular formula is C17H18F2. The van der Waals surface area contributed by atoms with Crippen LogP contribution in [-0.2, 0) is 0 Å². The van der Waals surface area contributed by atoms with Crippen LogP contribution < -0.4 is 0 Å². The molecule has 0 aliphatic carbocycles. The second-order valence-electron chi connectivity index (χ2n) is 4.97. The van der Waals surface area contributed by atoms with E-state index < -0.39 is 0 Å². The van der Waals surface area contributed by atoms with Crippen molar-refractivity contribution in [2.24, 2.45) is 5.92 Å². The predicted molar refractivity (Wildman–Crippen MR) is 74.1 cm³/mol. The van der Waals surface area contributed by atoms with E-state index in [-0.39, 0.29) is 17.6 Å². The molecule has 19 heavy (non-hydrogen) atoms. The number of rotatable bonds is 4. The SMILES string of the molecule is CC[C@@H](C)C(c1cccc(F)c1)c1cccc(F)c1. The maximum absolute atomic E-state index is 13.4. The molecule has 0 aliphatic rings. The second-order valence-corrected chi connectivity index (χ2v) is 4.97. The van der Waals surface area contributed by atoms with Crippen molar-refractivity contribution in [3.05, 3.63) is 71.3 Å². The van der Waals surface area contributed by atoms with Crippen molar-refractivity contribution >= 4 is 0 Å². The summed E-state index contributed by atoms with van der Waals surface area (Å²) in [5.41, 5.74) is 1.81. The first-order valence-electron chi connectivity index (χ1n) is 6.62. The molecule has 0 N–H and O–H groups in total. The summed E-state index contributed by atoms with van der Waals surface area (Å²) in [7, 11) is 0. The zero-order chi connectivity index (χ0) is 13.8. The van der Waals surface area contributed by atoms with E-state index in [1.165, 1.54) is 12.1 Å². The summed E-state index contributed by atoms with van der Waals surface area (Å²) >= 11 is 0. The standard InChI is InChI=1S/C17H18F2/c1-3-12(2)17(13-6-4-8-15(18)10-13)14-7-5-9-16(19)11-14/h4-12,17H,3H2,1-2H3/t12-/m1/s1. The molecule has 0 nitrogen and oxygen atoms in total. The Morgan fingerprint density at radius 1 is 0.895 bits per heavy atom. The Balaban J connectivity index is 2.47. The average Bonchev–Trinajstić information content (AvgIpc) is 2.39. The molecule has 1 atom stereocenters. The van der Waals surface area contributed by atoms with Gasteiger partial charge in [0.1, 0.15) is 11.6 Å². The van der Waals surface area contributed by atoms with Crippen molar-refractivity contribution in [3.63, 3.8) is 0 Å². The molecule has 2 aromatic carbocycles. The smallest absolute Gasteiger partial charge is 0.123 e. The van der Waals surface area contributed by atoms with Gasteiger partial charge in [-0.2, -0.15) is 0 Å². The maximum Gasteiger partial charge on any atom is 0.123 e. The van der Waals surface area contributed by atoms with Gasteiger partial charge in [0.15, 0.2) is 0 Å². The largest absolute Gasteiger partial charge is 0.207 e. The van der Waals surface area contributed by atoms with Crippen LogP contribution in [0.1, 0.15) is 37.3 Å². The molecular weight excluding hydrogens is 242 g/mol. The van der Waals surface area contributed by atoms with Crippen molar-refractivity contribution in [2.75, 3.05) is 0 Å². The minimum absolute atomic E-state index is 0.0244. The lowest BCUT2D eigenvalue weighted by Crippen LogP contribution is -2.11. The minimum atomic E-state index is -0.248. The highest BCUT2D eigenvalue weighted by molar-refractivity contribution is 5.33. The van der Waals surface area contributed by atoms with Crippen LogP contribution in [-0.4, -0.2) is 0 Å². The van der Waals surface area contributed by atoms with Gasteiger partial charge in [-0.25, -0.2) is 8.78 Å². The molecule has 0 bridgehead atoms. The molecule has 0 saturated heterocycles. The quantitative estimate of drug-likeness (QED) is 0.713. The van der Waals surface area contributed by atoms with E-state index in [0.717, 1.165) is 17.5 Å². The zero-order valence-electron chi connectivity index (χ0n) is 11.2. The van der Waals surface area contributed by atoms with Gasteiger partial charge in [-0.3, -0.25) is 0 Å². The molecule has 0 fully saturated rings. The van der Waals surface area contributed by atoms with Gasteiger partial charge in [-0.05, 0) is 41.3 Å². The molecule has 0 heterocycles. The average molecular weight is 260 g/mol. The van der Waals surface area contributed by atoms with Crippen molar-refractivity contribution in [1.82, 2.24) is 0 Å². The summed E-state index contributed by atoms with van der Waals surface area (Å²) in [5, 5.41) is 0. The Kier molecular flexibility index (Phi) is 4.31. The maximum atomic E-state index is 13.4. The third-order valence-corrected chi connectivity index (χ3v) is 3.63. The number of hydrogen-bond donors (Lipinski definition) is 0. The number of benzene rings is 2. The van der Waals surface area contributed by atoms with E-state index in [1.807, 2.05) is 12.1 Å². The molecule has 0 aromatic heterocycles. The molecule has 2 aromatic rings. The highest BCUT2D eigenvalue weighted by Gasteiger charge is 2.20. The van der Waals surface area contributed by atoms with Gasteiger partial charge in [0, 0.05) is 5.92 Å². The fraction of sp³-hybridized carbons (Fsp3) is 0.294. The van der Waals surface area contributed by atoms with Crippen LogP contribution in [0, 0.1) is 17.6 Å². The lowest BCUT2D eigenvalue weighted by atomic mass is 9.80. The summed E-state index contributed by atoms with van der Waals surface area (Å²) < 4.78 is 26.8. The van der Waals surface area contributed by atoms with Crippen molar-refractivity contribution < 1.29 is 8.78 Å². The van der Waals surface area contributed by atoms with Crippen molar-refractivity contribution in [1.29, 1.82) is 0 Å². The van der Waals surface area contributed by atoms with Gasteiger partial charge < -0.3 is 0 Å². The summed E-state index contributed by atoms with van der Waals surface area (Å²) in [6, 6.07) is 13.2. The van der Waals surface area contributed by atoms with E-state index in [0.29, 0.717) is 5.92 Å². The summed E-state index contributed by atoms with van der Waals surface area (Å²) in [6.07, 6.45) is 0.956.